The fraction of sp³-hybridized carbons (Fsp3) is 0.0652. The van der Waals surface area contributed by atoms with Crippen LogP contribution in [0.15, 0.2) is 328 Å². The van der Waals surface area contributed by atoms with Gasteiger partial charge in [-0.25, -0.2) is 0 Å². The van der Waals surface area contributed by atoms with Gasteiger partial charge in [-0.2, -0.15) is 12.1 Å². The van der Waals surface area contributed by atoms with Gasteiger partial charge in [-0.1, -0.05) is 314 Å². The molecule has 94 heavy (non-hydrogen) atoms. The van der Waals surface area contributed by atoms with E-state index in [-0.39, 0.29) is 26.2 Å². The fourth-order valence-corrected chi connectivity index (χ4v) is 15.0. The van der Waals surface area contributed by atoms with E-state index in [1.165, 1.54) is 174 Å². The van der Waals surface area contributed by atoms with Gasteiger partial charge in [-0.15, -0.1) is 44.8 Å². The molecule has 0 saturated carbocycles. The van der Waals surface area contributed by atoms with Gasteiger partial charge < -0.3 is 0 Å². The molecule has 2 radical (unpaired) electrons. The van der Waals surface area contributed by atoms with Crippen LogP contribution in [0.4, 0.5) is 0 Å². The molecule has 0 heterocycles. The molecule has 0 nitrogen and oxygen atoms in total. The van der Waals surface area contributed by atoms with E-state index in [2.05, 4.69) is 341 Å². The van der Waals surface area contributed by atoms with Crippen molar-refractivity contribution < 1.29 is 26.2 Å². The van der Waals surface area contributed by atoms with Gasteiger partial charge in [0.05, 0.1) is 0 Å². The predicted molar refractivity (Wildman–Crippen MR) is 406 cm³/mol. The summed E-state index contributed by atoms with van der Waals surface area (Å²) in [6, 6.07) is 121. The van der Waals surface area contributed by atoms with Crippen molar-refractivity contribution in [2.24, 2.45) is 0 Å². The number of benzene rings is 16. The van der Waals surface area contributed by atoms with E-state index in [0.29, 0.717) is 0 Å². The molecular formula is C92H68SiZr. The second-order valence-electron chi connectivity index (χ2n) is 24.9. The molecular weight excluding hydrogens is 1220 g/mol. The van der Waals surface area contributed by atoms with E-state index in [9.17, 15) is 0 Å². The van der Waals surface area contributed by atoms with Gasteiger partial charge in [0.2, 0.25) is 0 Å². The number of hydrogen-bond acceptors (Lipinski definition) is 0. The normalized spacial score (nSPS) is 11.4. The molecule has 0 N–H and O–H groups in total. The maximum atomic E-state index is 2.47. The zero-order valence-corrected chi connectivity index (χ0v) is 56.5. The Bertz CT molecular complexity index is 4920. The van der Waals surface area contributed by atoms with E-state index in [0.717, 1.165) is 35.2 Å². The third-order valence-corrected chi connectivity index (χ3v) is 19.1. The summed E-state index contributed by atoms with van der Waals surface area (Å²) in [7, 11) is 1.08. The zero-order chi connectivity index (χ0) is 62.2. The molecule has 444 valence electrons. The minimum atomic E-state index is 0. The van der Waals surface area contributed by atoms with Gasteiger partial charge in [-0.05, 0) is 170 Å². The molecule has 0 spiro atoms. The fourth-order valence-electron chi connectivity index (χ4n) is 15.0. The number of hydrogen-bond donors (Lipinski definition) is 0. The summed E-state index contributed by atoms with van der Waals surface area (Å²) in [5, 5.41) is 25.9. The largest absolute Gasteiger partial charge is 2.00 e. The third-order valence-electron chi connectivity index (χ3n) is 19.1. The van der Waals surface area contributed by atoms with E-state index in [1.807, 2.05) is 0 Å². The van der Waals surface area contributed by atoms with Gasteiger partial charge in [0.1, 0.15) is 0 Å². The van der Waals surface area contributed by atoms with Gasteiger partial charge >= 0.3 is 26.2 Å². The first kappa shape index (κ1) is 60.2. The molecule has 18 rings (SSSR count). The molecule has 0 saturated heterocycles. The van der Waals surface area contributed by atoms with Crippen LogP contribution < -0.4 is 0 Å². The van der Waals surface area contributed by atoms with Crippen LogP contribution in [-0.4, -0.2) is 9.52 Å². The molecule has 0 fully saturated rings. The average Bonchev–Trinajstić information content (AvgIpc) is 1.41. The molecule has 0 atom stereocenters. The maximum absolute atomic E-state index is 2.47. The van der Waals surface area contributed by atoms with E-state index >= 15 is 0 Å². The van der Waals surface area contributed by atoms with Gasteiger partial charge in [-0.3, -0.25) is 0 Å². The molecule has 18 aromatic carbocycles. The Labute approximate surface area is 572 Å². The van der Waals surface area contributed by atoms with Crippen molar-refractivity contribution in [2.45, 2.75) is 38.8 Å². The Morgan fingerprint density at radius 2 is 0.436 bits per heavy atom. The quantitative estimate of drug-likeness (QED) is 0.0727. The van der Waals surface area contributed by atoms with Crippen LogP contribution in [0.1, 0.15) is 22.3 Å². The average molecular weight is 1290 g/mol. The summed E-state index contributed by atoms with van der Waals surface area (Å²) in [6.45, 7) is 4.31. The topological polar surface area (TPSA) is 0 Å². The van der Waals surface area contributed by atoms with E-state index in [1.54, 1.807) is 0 Å². The summed E-state index contributed by atoms with van der Waals surface area (Å²) in [5.74, 6) is 0. The Morgan fingerprint density at radius 3 is 0.691 bits per heavy atom. The molecule has 2 heteroatoms. The molecule has 0 bridgehead atoms. The summed E-state index contributed by atoms with van der Waals surface area (Å²) >= 11 is 0. The molecule has 18 aromatic rings. The van der Waals surface area contributed by atoms with Crippen LogP contribution in [0.5, 0.6) is 0 Å². The van der Waals surface area contributed by atoms with Gasteiger partial charge in [0.15, 0.2) is 0 Å². The predicted octanol–water partition coefficient (Wildman–Crippen LogP) is 25.4. The second kappa shape index (κ2) is 26.5. The maximum Gasteiger partial charge on any atom is 2.00 e. The summed E-state index contributed by atoms with van der Waals surface area (Å²) in [4.78, 5) is 0. The number of fused-ring (bicyclic) bond motifs is 10. The first-order chi connectivity index (χ1) is 46.0. The third kappa shape index (κ3) is 11.3. The van der Waals surface area contributed by atoms with Crippen LogP contribution in [0.25, 0.3) is 152 Å². The monoisotopic (exact) mass is 1290 g/mol. The van der Waals surface area contributed by atoms with E-state index < -0.39 is 0 Å². The Hall–Kier alpha value is -10.1. The van der Waals surface area contributed by atoms with Crippen molar-refractivity contribution in [3.63, 3.8) is 0 Å². The van der Waals surface area contributed by atoms with Gasteiger partial charge in [0.25, 0.3) is 0 Å². The summed E-state index contributed by atoms with van der Waals surface area (Å²) in [6.07, 6.45) is 4.06. The minimum absolute atomic E-state index is 0. The first-order valence-electron chi connectivity index (χ1n) is 32.8. The molecule has 0 aliphatic heterocycles. The standard InChI is InChI=1S/2C45H31.C2H6Si.Zr/c2*1-2-12-30(13-3-1)22-23-31-26-42-40(44-36-18-8-4-14-32(36)28-33-15-5-9-19-37(33)44)24-25-41(43(42)27-31)45-38-20-10-6-16-34(38)29-35-17-7-11-21-39(35)45;1-3-2;/h2*1-21,24-29H,22-23H2;1-2H3;/q2*-1;;+2. The first-order valence-corrected chi connectivity index (χ1v) is 34.8. The molecule has 0 unspecified atom stereocenters. The van der Waals surface area contributed by atoms with Crippen molar-refractivity contribution in [1.82, 2.24) is 0 Å². The van der Waals surface area contributed by atoms with Crippen LogP contribution in [0.3, 0.4) is 0 Å². The molecule has 0 aliphatic carbocycles. The van der Waals surface area contributed by atoms with Crippen molar-refractivity contribution >= 4 is 117 Å². The van der Waals surface area contributed by atoms with Crippen molar-refractivity contribution in [3.05, 3.63) is 350 Å². The summed E-state index contributed by atoms with van der Waals surface area (Å²) < 4.78 is 0. The minimum Gasteiger partial charge on any atom is -0.164 e. The Morgan fingerprint density at radius 1 is 0.223 bits per heavy atom. The molecule has 0 aromatic heterocycles. The van der Waals surface area contributed by atoms with Crippen molar-refractivity contribution in [3.8, 4) is 44.5 Å². The van der Waals surface area contributed by atoms with Crippen molar-refractivity contribution in [2.75, 3.05) is 0 Å². The molecule has 0 amide bonds. The second-order valence-corrected chi connectivity index (χ2v) is 25.9. The molecule has 0 aliphatic rings. The van der Waals surface area contributed by atoms with Crippen LogP contribution >= 0.6 is 0 Å². The van der Waals surface area contributed by atoms with Crippen LogP contribution in [0, 0.1) is 0 Å². The zero-order valence-electron chi connectivity index (χ0n) is 53.0. The van der Waals surface area contributed by atoms with Crippen molar-refractivity contribution in [1.29, 1.82) is 0 Å². The van der Waals surface area contributed by atoms with Crippen LogP contribution in [-0.2, 0) is 51.9 Å². The number of aryl methyl sites for hydroxylation is 4. The number of rotatable bonds is 10. The summed E-state index contributed by atoms with van der Waals surface area (Å²) in [5.41, 5.74) is 16.0. The Kier molecular flexibility index (Phi) is 17.0. The van der Waals surface area contributed by atoms with E-state index in [4.69, 9.17) is 0 Å². The van der Waals surface area contributed by atoms with Gasteiger partial charge in [0, 0.05) is 9.52 Å². The Balaban J connectivity index is 0.000000148. The SMILES string of the molecule is C[Si]C.[Zr+2].c1ccc(CCc2cc3c(-c4c5ccccc5cc5ccccc45)ccc(-c4c5ccccc5cc5ccccc45)c3[cH-]2)cc1.c1ccc(CCc2cc3c(-c4c5ccccc5cc5ccccc45)ccc(-c4c5ccccc5cc5ccccc45)c3[cH-]2)cc1. The smallest absolute Gasteiger partial charge is 0.164 e. The van der Waals surface area contributed by atoms with Crippen LogP contribution in [0.2, 0.25) is 13.1 Å².